The summed E-state index contributed by atoms with van der Waals surface area (Å²) in [4.78, 5) is 0. The van der Waals surface area contributed by atoms with Gasteiger partial charge in [0.25, 0.3) is 0 Å². The summed E-state index contributed by atoms with van der Waals surface area (Å²) in [5.74, 6) is 0.942. The van der Waals surface area contributed by atoms with Gasteiger partial charge in [0.15, 0.2) is 0 Å². The van der Waals surface area contributed by atoms with Crippen molar-refractivity contribution >= 4 is 0 Å². The summed E-state index contributed by atoms with van der Waals surface area (Å²) in [6.45, 7) is 10.8. The SMILES string of the molecule is C=C1[C@@H](CO)[C@@H]1C(C)(C)C. The minimum atomic E-state index is 0.279. The van der Waals surface area contributed by atoms with E-state index in [1.807, 2.05) is 0 Å². The monoisotopic (exact) mass is 140 g/mol. The second-order valence-corrected chi connectivity index (χ2v) is 4.21. The maximum atomic E-state index is 8.85. The van der Waals surface area contributed by atoms with Gasteiger partial charge in [0.1, 0.15) is 0 Å². The predicted molar refractivity (Wildman–Crippen MR) is 42.7 cm³/mol. The number of aliphatic hydroxyl groups excluding tert-OH is 1. The lowest BCUT2D eigenvalue weighted by Crippen LogP contribution is -2.10. The second-order valence-electron chi connectivity index (χ2n) is 4.21. The molecule has 1 nitrogen and oxygen atoms in total. The van der Waals surface area contributed by atoms with Gasteiger partial charge in [-0.25, -0.2) is 0 Å². The molecule has 0 unspecified atom stereocenters. The molecule has 0 spiro atoms. The Morgan fingerprint density at radius 2 is 2.00 bits per heavy atom. The molecule has 0 aliphatic heterocycles. The van der Waals surface area contributed by atoms with Crippen LogP contribution in [-0.2, 0) is 0 Å². The van der Waals surface area contributed by atoms with Crippen LogP contribution in [0.2, 0.25) is 0 Å². The molecule has 0 bridgehead atoms. The van der Waals surface area contributed by atoms with Crippen LogP contribution in [0.1, 0.15) is 20.8 Å². The highest BCUT2D eigenvalue weighted by Crippen LogP contribution is 2.54. The predicted octanol–water partition coefficient (Wildman–Crippen LogP) is 1.83. The summed E-state index contributed by atoms with van der Waals surface area (Å²) in [5.41, 5.74) is 1.53. The number of hydrogen-bond donors (Lipinski definition) is 1. The average molecular weight is 140 g/mol. The van der Waals surface area contributed by atoms with Crippen LogP contribution < -0.4 is 0 Å². The molecule has 1 saturated carbocycles. The van der Waals surface area contributed by atoms with Gasteiger partial charge in [-0.2, -0.15) is 0 Å². The van der Waals surface area contributed by atoms with E-state index in [1.165, 1.54) is 5.57 Å². The number of aliphatic hydroxyl groups is 1. The third kappa shape index (κ3) is 1.10. The third-order valence-corrected chi connectivity index (χ3v) is 2.30. The van der Waals surface area contributed by atoms with Crippen molar-refractivity contribution in [2.45, 2.75) is 20.8 Å². The molecule has 1 N–H and O–H groups in total. The zero-order chi connectivity index (χ0) is 7.94. The van der Waals surface area contributed by atoms with Crippen molar-refractivity contribution in [2.24, 2.45) is 17.3 Å². The van der Waals surface area contributed by atoms with Gasteiger partial charge in [-0.15, -0.1) is 0 Å². The molecule has 1 rings (SSSR count). The molecular weight excluding hydrogens is 124 g/mol. The Bertz CT molecular complexity index is 153. The van der Waals surface area contributed by atoms with E-state index >= 15 is 0 Å². The van der Waals surface area contributed by atoms with Gasteiger partial charge in [-0.1, -0.05) is 32.9 Å². The fourth-order valence-corrected chi connectivity index (χ4v) is 1.76. The summed E-state index contributed by atoms with van der Waals surface area (Å²) in [5, 5.41) is 8.85. The smallest absolute Gasteiger partial charge is 0.0502 e. The highest BCUT2D eigenvalue weighted by molar-refractivity contribution is 5.28. The summed E-state index contributed by atoms with van der Waals surface area (Å²) in [6, 6.07) is 0. The van der Waals surface area contributed by atoms with Crippen LogP contribution in [0, 0.1) is 17.3 Å². The first kappa shape index (κ1) is 7.80. The van der Waals surface area contributed by atoms with Crippen LogP contribution in [0.5, 0.6) is 0 Å². The summed E-state index contributed by atoms with van der Waals surface area (Å²) in [7, 11) is 0. The van der Waals surface area contributed by atoms with E-state index in [1.54, 1.807) is 0 Å². The minimum absolute atomic E-state index is 0.279. The Hall–Kier alpha value is -0.300. The summed E-state index contributed by atoms with van der Waals surface area (Å²) in [6.07, 6.45) is 0. The highest BCUT2D eigenvalue weighted by atomic mass is 16.3. The lowest BCUT2D eigenvalue weighted by Gasteiger charge is -2.16. The molecule has 1 fully saturated rings. The molecule has 0 aromatic heterocycles. The maximum Gasteiger partial charge on any atom is 0.0502 e. The van der Waals surface area contributed by atoms with Crippen LogP contribution in [0.3, 0.4) is 0 Å². The van der Waals surface area contributed by atoms with Crippen molar-refractivity contribution in [3.05, 3.63) is 12.2 Å². The zero-order valence-corrected chi connectivity index (χ0v) is 7.02. The van der Waals surface area contributed by atoms with Crippen molar-refractivity contribution in [2.75, 3.05) is 6.61 Å². The molecule has 1 heteroatoms. The quantitative estimate of drug-likeness (QED) is 0.551. The van der Waals surface area contributed by atoms with Crippen LogP contribution in [0.15, 0.2) is 12.2 Å². The molecule has 0 saturated heterocycles. The average Bonchev–Trinajstić information content (AvgIpc) is 2.39. The van der Waals surface area contributed by atoms with Crippen molar-refractivity contribution < 1.29 is 5.11 Å². The molecule has 0 aromatic carbocycles. The molecule has 10 heavy (non-hydrogen) atoms. The van der Waals surface area contributed by atoms with E-state index in [2.05, 4.69) is 27.4 Å². The molecule has 2 atom stereocenters. The van der Waals surface area contributed by atoms with Gasteiger partial charge in [0.05, 0.1) is 6.61 Å². The molecule has 0 heterocycles. The van der Waals surface area contributed by atoms with Gasteiger partial charge >= 0.3 is 0 Å². The largest absolute Gasteiger partial charge is 0.396 e. The van der Waals surface area contributed by atoms with E-state index in [-0.39, 0.29) is 6.61 Å². The fraction of sp³-hybridized carbons (Fsp3) is 0.778. The van der Waals surface area contributed by atoms with Gasteiger partial charge in [-0.3, -0.25) is 0 Å². The summed E-state index contributed by atoms with van der Waals surface area (Å²) < 4.78 is 0. The molecule has 0 amide bonds. The number of rotatable bonds is 1. The first-order chi connectivity index (χ1) is 4.48. The van der Waals surface area contributed by atoms with Crippen molar-refractivity contribution in [3.63, 3.8) is 0 Å². The molecule has 0 radical (unpaired) electrons. The van der Waals surface area contributed by atoms with E-state index in [0.29, 0.717) is 17.3 Å². The standard InChI is InChI=1S/C9H16O/c1-6-7(5-10)8(6)9(2,3)4/h7-8,10H,1,5H2,2-4H3/t7-,8-/m1/s1. The van der Waals surface area contributed by atoms with Crippen molar-refractivity contribution in [1.82, 2.24) is 0 Å². The first-order valence-electron chi connectivity index (χ1n) is 3.78. The lowest BCUT2D eigenvalue weighted by atomic mass is 9.89. The Balaban J connectivity index is 2.57. The fourth-order valence-electron chi connectivity index (χ4n) is 1.76. The van der Waals surface area contributed by atoms with Gasteiger partial charge in [0, 0.05) is 5.92 Å². The molecule has 58 valence electrons. The summed E-state index contributed by atoms with van der Waals surface area (Å²) >= 11 is 0. The van der Waals surface area contributed by atoms with Gasteiger partial charge in [0.2, 0.25) is 0 Å². The second kappa shape index (κ2) is 2.09. The van der Waals surface area contributed by atoms with Gasteiger partial charge < -0.3 is 5.11 Å². The Morgan fingerprint density at radius 3 is 2.10 bits per heavy atom. The molecule has 1 aliphatic carbocycles. The van der Waals surface area contributed by atoms with E-state index in [9.17, 15) is 0 Å². The van der Waals surface area contributed by atoms with Crippen molar-refractivity contribution in [3.8, 4) is 0 Å². The minimum Gasteiger partial charge on any atom is -0.396 e. The van der Waals surface area contributed by atoms with Gasteiger partial charge in [-0.05, 0) is 11.3 Å². The molecule has 0 aromatic rings. The number of hydrogen-bond acceptors (Lipinski definition) is 1. The maximum absolute atomic E-state index is 8.85. The third-order valence-electron chi connectivity index (χ3n) is 2.30. The first-order valence-corrected chi connectivity index (χ1v) is 3.78. The Kier molecular flexibility index (Phi) is 1.63. The lowest BCUT2D eigenvalue weighted by molar-refractivity contribution is 0.239. The van der Waals surface area contributed by atoms with E-state index in [0.717, 1.165) is 0 Å². The van der Waals surface area contributed by atoms with E-state index in [4.69, 9.17) is 5.11 Å². The van der Waals surface area contributed by atoms with Crippen molar-refractivity contribution in [1.29, 1.82) is 0 Å². The highest BCUT2D eigenvalue weighted by Gasteiger charge is 2.48. The van der Waals surface area contributed by atoms with Crippen LogP contribution >= 0.6 is 0 Å². The van der Waals surface area contributed by atoms with Crippen LogP contribution in [0.25, 0.3) is 0 Å². The Labute approximate surface area is 62.8 Å². The Morgan fingerprint density at radius 1 is 1.50 bits per heavy atom. The zero-order valence-electron chi connectivity index (χ0n) is 7.02. The molecule has 1 aliphatic rings. The van der Waals surface area contributed by atoms with E-state index < -0.39 is 0 Å². The molecular formula is C9H16O. The normalized spacial score (nSPS) is 32.6. The van der Waals surface area contributed by atoms with Crippen LogP contribution in [-0.4, -0.2) is 11.7 Å². The van der Waals surface area contributed by atoms with Crippen LogP contribution in [0.4, 0.5) is 0 Å². The topological polar surface area (TPSA) is 20.2 Å².